The topological polar surface area (TPSA) is 56.7 Å². The number of hydrogen-bond donors (Lipinski definition) is 1. The van der Waals surface area contributed by atoms with Crippen molar-refractivity contribution < 1.29 is 0 Å². The summed E-state index contributed by atoms with van der Waals surface area (Å²) >= 11 is 1.56. The van der Waals surface area contributed by atoms with Crippen LogP contribution in [0, 0.1) is 0 Å². The molecule has 1 unspecified atom stereocenters. The Morgan fingerprint density at radius 1 is 1.64 bits per heavy atom. The number of nitrogens with two attached hydrogens (primary N) is 1. The summed E-state index contributed by atoms with van der Waals surface area (Å²) in [6.45, 7) is 2.99. The number of imidazole rings is 1. The van der Waals surface area contributed by atoms with E-state index in [1.807, 2.05) is 10.8 Å². The monoisotopic (exact) mass is 208 g/mol. The number of aryl methyl sites for hydroxylation is 1. The molecular weight excluding hydrogens is 196 g/mol. The molecule has 0 saturated heterocycles. The first kappa shape index (κ1) is 9.36. The summed E-state index contributed by atoms with van der Waals surface area (Å²) in [6, 6.07) is -0.143. The molecule has 14 heavy (non-hydrogen) atoms. The average Bonchev–Trinajstić information content (AvgIpc) is 2.88. The summed E-state index contributed by atoms with van der Waals surface area (Å²) in [5.41, 5.74) is 8.71. The van der Waals surface area contributed by atoms with E-state index in [1.165, 1.54) is 0 Å². The van der Waals surface area contributed by atoms with E-state index >= 15 is 0 Å². The molecule has 0 spiro atoms. The second-order valence-corrected chi connectivity index (χ2v) is 3.93. The van der Waals surface area contributed by atoms with Gasteiger partial charge in [0.05, 0.1) is 23.6 Å². The Hall–Kier alpha value is -1.20. The number of aromatic nitrogens is 3. The van der Waals surface area contributed by atoms with Crippen LogP contribution in [0.2, 0.25) is 0 Å². The maximum atomic E-state index is 6.02. The van der Waals surface area contributed by atoms with Crippen LogP contribution >= 0.6 is 11.3 Å². The normalized spacial score (nSPS) is 13.0. The average molecular weight is 208 g/mol. The maximum Gasteiger partial charge on any atom is 0.0950 e. The van der Waals surface area contributed by atoms with Crippen molar-refractivity contribution in [3.63, 3.8) is 0 Å². The molecule has 0 aliphatic carbocycles. The third kappa shape index (κ3) is 1.69. The third-order valence-electron chi connectivity index (χ3n) is 2.09. The van der Waals surface area contributed by atoms with Crippen molar-refractivity contribution in [3.05, 3.63) is 34.8 Å². The minimum atomic E-state index is -0.143. The van der Waals surface area contributed by atoms with Crippen LogP contribution in [-0.2, 0) is 6.54 Å². The predicted octanol–water partition coefficient (Wildman–Crippen LogP) is 1.41. The van der Waals surface area contributed by atoms with Crippen LogP contribution in [0.25, 0.3) is 0 Å². The van der Waals surface area contributed by atoms with Crippen LogP contribution in [0.5, 0.6) is 0 Å². The van der Waals surface area contributed by atoms with Gasteiger partial charge in [-0.05, 0) is 6.92 Å². The van der Waals surface area contributed by atoms with E-state index in [2.05, 4.69) is 16.9 Å². The highest BCUT2D eigenvalue weighted by molar-refractivity contribution is 7.09. The Balaban J connectivity index is 2.23. The van der Waals surface area contributed by atoms with Crippen molar-refractivity contribution >= 4 is 11.3 Å². The van der Waals surface area contributed by atoms with Gasteiger partial charge in [0.15, 0.2) is 0 Å². The summed E-state index contributed by atoms with van der Waals surface area (Å²) in [4.78, 5) is 9.31. The van der Waals surface area contributed by atoms with E-state index in [4.69, 9.17) is 5.73 Å². The molecule has 2 rings (SSSR count). The Labute approximate surface area is 86.4 Å². The highest BCUT2D eigenvalue weighted by Gasteiger charge is 2.12. The minimum Gasteiger partial charge on any atom is -0.337 e. The van der Waals surface area contributed by atoms with Crippen molar-refractivity contribution in [2.24, 2.45) is 5.73 Å². The van der Waals surface area contributed by atoms with Crippen LogP contribution in [0.4, 0.5) is 0 Å². The number of thiazole rings is 1. The zero-order valence-corrected chi connectivity index (χ0v) is 8.74. The molecule has 74 valence electrons. The van der Waals surface area contributed by atoms with Crippen molar-refractivity contribution in [2.45, 2.75) is 19.5 Å². The zero-order chi connectivity index (χ0) is 9.97. The molecule has 0 bridgehead atoms. The zero-order valence-electron chi connectivity index (χ0n) is 7.92. The van der Waals surface area contributed by atoms with Gasteiger partial charge in [-0.3, -0.25) is 4.98 Å². The smallest absolute Gasteiger partial charge is 0.0950 e. The Kier molecular flexibility index (Phi) is 2.60. The van der Waals surface area contributed by atoms with Crippen LogP contribution < -0.4 is 5.73 Å². The lowest BCUT2D eigenvalue weighted by Gasteiger charge is -2.03. The molecular formula is C9H12N4S. The van der Waals surface area contributed by atoms with E-state index in [-0.39, 0.29) is 6.04 Å². The Morgan fingerprint density at radius 3 is 3.07 bits per heavy atom. The third-order valence-corrected chi connectivity index (χ3v) is 2.95. The quantitative estimate of drug-likeness (QED) is 0.829. The molecule has 0 fully saturated rings. The standard InChI is InChI=1S/C9H12N4S/c1-2-13-4-7(12-5-13)9(10)8-3-11-6-14-8/h3-6,9H,2,10H2,1H3. The molecule has 0 radical (unpaired) electrons. The molecule has 0 saturated carbocycles. The molecule has 2 aromatic heterocycles. The number of hydrogen-bond acceptors (Lipinski definition) is 4. The van der Waals surface area contributed by atoms with Gasteiger partial charge in [-0.25, -0.2) is 4.98 Å². The van der Waals surface area contributed by atoms with Gasteiger partial charge >= 0.3 is 0 Å². The van der Waals surface area contributed by atoms with Crippen LogP contribution in [0.3, 0.4) is 0 Å². The highest BCUT2D eigenvalue weighted by Crippen LogP contribution is 2.20. The fourth-order valence-corrected chi connectivity index (χ4v) is 1.87. The van der Waals surface area contributed by atoms with Gasteiger partial charge in [-0.2, -0.15) is 0 Å². The van der Waals surface area contributed by atoms with Crippen molar-refractivity contribution in [1.29, 1.82) is 0 Å². The summed E-state index contributed by atoms with van der Waals surface area (Å²) in [5, 5.41) is 0. The van der Waals surface area contributed by atoms with Gasteiger partial charge < -0.3 is 10.3 Å². The molecule has 2 heterocycles. The largest absolute Gasteiger partial charge is 0.337 e. The fourth-order valence-electron chi connectivity index (χ4n) is 1.24. The molecule has 4 nitrogen and oxygen atoms in total. The lowest BCUT2D eigenvalue weighted by molar-refractivity contribution is 0.758. The second kappa shape index (κ2) is 3.89. The summed E-state index contributed by atoms with van der Waals surface area (Å²) in [7, 11) is 0. The van der Waals surface area contributed by atoms with E-state index in [9.17, 15) is 0 Å². The van der Waals surface area contributed by atoms with Crippen LogP contribution in [0.15, 0.2) is 24.2 Å². The molecule has 0 aliphatic heterocycles. The van der Waals surface area contributed by atoms with E-state index in [1.54, 1.807) is 29.4 Å². The molecule has 0 amide bonds. The SMILES string of the molecule is CCn1cnc(C(N)c2cncs2)c1. The predicted molar refractivity (Wildman–Crippen MR) is 56.0 cm³/mol. The highest BCUT2D eigenvalue weighted by atomic mass is 32.1. The van der Waals surface area contributed by atoms with Crippen LogP contribution in [0.1, 0.15) is 23.5 Å². The number of rotatable bonds is 3. The maximum absolute atomic E-state index is 6.02. The lowest BCUT2D eigenvalue weighted by atomic mass is 10.2. The van der Waals surface area contributed by atoms with Crippen LogP contribution in [-0.4, -0.2) is 14.5 Å². The lowest BCUT2D eigenvalue weighted by Crippen LogP contribution is -2.10. The van der Waals surface area contributed by atoms with E-state index < -0.39 is 0 Å². The first-order chi connectivity index (χ1) is 6.81. The van der Waals surface area contributed by atoms with Crippen molar-refractivity contribution in [3.8, 4) is 0 Å². The van der Waals surface area contributed by atoms with E-state index in [0.717, 1.165) is 17.1 Å². The van der Waals surface area contributed by atoms with Gasteiger partial charge in [0.1, 0.15) is 0 Å². The summed E-state index contributed by atoms with van der Waals surface area (Å²) in [6.07, 6.45) is 5.57. The summed E-state index contributed by atoms with van der Waals surface area (Å²) < 4.78 is 2.01. The van der Waals surface area contributed by atoms with Crippen molar-refractivity contribution in [2.75, 3.05) is 0 Å². The van der Waals surface area contributed by atoms with Gasteiger partial charge in [0, 0.05) is 23.8 Å². The first-order valence-electron chi connectivity index (χ1n) is 4.47. The first-order valence-corrected chi connectivity index (χ1v) is 5.35. The molecule has 2 aromatic rings. The summed E-state index contributed by atoms with van der Waals surface area (Å²) in [5.74, 6) is 0. The van der Waals surface area contributed by atoms with Gasteiger partial charge in [0.2, 0.25) is 0 Å². The van der Waals surface area contributed by atoms with Gasteiger partial charge in [-0.15, -0.1) is 11.3 Å². The molecule has 2 N–H and O–H groups in total. The second-order valence-electron chi connectivity index (χ2n) is 3.01. The molecule has 5 heteroatoms. The Bertz CT molecular complexity index is 393. The molecule has 1 atom stereocenters. The molecule has 0 aliphatic rings. The fraction of sp³-hybridized carbons (Fsp3) is 0.333. The molecule has 0 aromatic carbocycles. The van der Waals surface area contributed by atoms with Crippen molar-refractivity contribution in [1.82, 2.24) is 14.5 Å². The van der Waals surface area contributed by atoms with Gasteiger partial charge in [0.25, 0.3) is 0 Å². The minimum absolute atomic E-state index is 0.143. The Morgan fingerprint density at radius 2 is 2.50 bits per heavy atom. The number of nitrogens with zero attached hydrogens (tertiary/aromatic N) is 3. The van der Waals surface area contributed by atoms with E-state index in [0.29, 0.717) is 0 Å². The van der Waals surface area contributed by atoms with Gasteiger partial charge in [-0.1, -0.05) is 0 Å².